The third kappa shape index (κ3) is 5.18. The lowest BCUT2D eigenvalue weighted by Gasteiger charge is -2.21. The van der Waals surface area contributed by atoms with E-state index < -0.39 is 0 Å². The van der Waals surface area contributed by atoms with Crippen molar-refractivity contribution in [2.75, 3.05) is 29.9 Å². The van der Waals surface area contributed by atoms with Crippen LogP contribution in [-0.2, 0) is 4.79 Å². The van der Waals surface area contributed by atoms with E-state index in [-0.39, 0.29) is 12.5 Å². The topological polar surface area (TPSA) is 67.3 Å². The number of amides is 1. The van der Waals surface area contributed by atoms with Gasteiger partial charge in [-0.3, -0.25) is 4.79 Å². The smallest absolute Gasteiger partial charge is 0.262 e. The van der Waals surface area contributed by atoms with Gasteiger partial charge in [0.1, 0.15) is 0 Å². The summed E-state index contributed by atoms with van der Waals surface area (Å²) in [7, 11) is 0. The first-order chi connectivity index (χ1) is 13.0. The first kappa shape index (κ1) is 19.1. The number of nitrogens with one attached hydrogen (secondary N) is 1. The van der Waals surface area contributed by atoms with Crippen LogP contribution < -0.4 is 15.0 Å². The lowest BCUT2D eigenvalue weighted by molar-refractivity contribution is -0.118. The molecule has 6 nitrogen and oxygen atoms in total. The molecule has 1 N–H and O–H groups in total. The van der Waals surface area contributed by atoms with E-state index in [2.05, 4.69) is 20.2 Å². The van der Waals surface area contributed by atoms with Gasteiger partial charge in [-0.2, -0.15) is 4.98 Å². The highest BCUT2D eigenvalue weighted by Gasteiger charge is 2.15. The van der Waals surface area contributed by atoms with Crippen molar-refractivity contribution in [1.82, 2.24) is 9.97 Å². The van der Waals surface area contributed by atoms with E-state index in [1.165, 1.54) is 12.8 Å². The minimum atomic E-state index is -0.198. The lowest BCUT2D eigenvalue weighted by atomic mass is 10.1. The van der Waals surface area contributed by atoms with Crippen molar-refractivity contribution in [2.45, 2.75) is 46.5 Å². The van der Waals surface area contributed by atoms with Crippen molar-refractivity contribution in [3.05, 3.63) is 41.1 Å². The molecule has 1 aromatic heterocycles. The largest absolute Gasteiger partial charge is 0.467 e. The van der Waals surface area contributed by atoms with Crippen LogP contribution in [-0.4, -0.2) is 35.6 Å². The van der Waals surface area contributed by atoms with E-state index >= 15 is 0 Å². The lowest BCUT2D eigenvalue weighted by Crippen LogP contribution is -2.26. The molecule has 144 valence electrons. The number of aromatic nitrogens is 2. The highest BCUT2D eigenvalue weighted by atomic mass is 16.5. The first-order valence-electron chi connectivity index (χ1n) is 9.62. The van der Waals surface area contributed by atoms with Crippen LogP contribution in [0, 0.1) is 20.8 Å². The summed E-state index contributed by atoms with van der Waals surface area (Å²) in [4.78, 5) is 23.6. The predicted molar refractivity (Wildman–Crippen MR) is 107 cm³/mol. The fraction of sp³-hybridized carbons (Fsp3) is 0.476. The Labute approximate surface area is 161 Å². The molecule has 6 heteroatoms. The summed E-state index contributed by atoms with van der Waals surface area (Å²) in [5, 5.41) is 2.90. The molecule has 0 radical (unpaired) electrons. The highest BCUT2D eigenvalue weighted by molar-refractivity contribution is 5.92. The van der Waals surface area contributed by atoms with E-state index in [1.807, 2.05) is 39.0 Å². The molecule has 0 saturated carbocycles. The molecule has 1 aliphatic heterocycles. The average molecular weight is 368 g/mol. The van der Waals surface area contributed by atoms with Gasteiger partial charge in [0.15, 0.2) is 6.61 Å². The molecule has 2 aromatic rings. The van der Waals surface area contributed by atoms with E-state index in [9.17, 15) is 4.79 Å². The van der Waals surface area contributed by atoms with Crippen molar-refractivity contribution >= 4 is 17.5 Å². The fourth-order valence-electron chi connectivity index (χ4n) is 3.22. The number of anilines is 2. The normalized spacial score (nSPS) is 14.6. The summed E-state index contributed by atoms with van der Waals surface area (Å²) in [5.74, 6) is 0.941. The molecule has 0 unspecified atom stereocenters. The van der Waals surface area contributed by atoms with E-state index in [1.54, 1.807) is 6.07 Å². The minimum Gasteiger partial charge on any atom is -0.467 e. The van der Waals surface area contributed by atoms with E-state index in [0.717, 1.165) is 48.4 Å². The van der Waals surface area contributed by atoms with Gasteiger partial charge in [-0.05, 0) is 50.8 Å². The number of hydrogen-bond donors (Lipinski definition) is 1. The molecule has 0 bridgehead atoms. The number of ether oxygens (including phenoxy) is 1. The summed E-state index contributed by atoms with van der Waals surface area (Å²) in [6.07, 6.45) is 4.83. The Morgan fingerprint density at radius 1 is 1.11 bits per heavy atom. The third-order valence-corrected chi connectivity index (χ3v) is 4.94. The van der Waals surface area contributed by atoms with Gasteiger partial charge in [-0.25, -0.2) is 4.98 Å². The van der Waals surface area contributed by atoms with Gasteiger partial charge in [0, 0.05) is 30.5 Å². The van der Waals surface area contributed by atoms with E-state index in [0.29, 0.717) is 11.8 Å². The second-order valence-corrected chi connectivity index (χ2v) is 7.13. The maximum atomic E-state index is 12.3. The van der Waals surface area contributed by atoms with Gasteiger partial charge in [0.2, 0.25) is 11.8 Å². The Bertz CT molecular complexity index is 799. The maximum absolute atomic E-state index is 12.3. The number of carbonyl (C=O) groups excluding carboxylic acids is 1. The van der Waals surface area contributed by atoms with Gasteiger partial charge >= 0.3 is 0 Å². The summed E-state index contributed by atoms with van der Waals surface area (Å²) >= 11 is 0. The van der Waals surface area contributed by atoms with Crippen LogP contribution in [0.15, 0.2) is 24.3 Å². The van der Waals surface area contributed by atoms with Crippen molar-refractivity contribution in [2.24, 2.45) is 0 Å². The molecular weight excluding hydrogens is 340 g/mol. The van der Waals surface area contributed by atoms with Crippen LogP contribution in [0.4, 0.5) is 11.6 Å². The van der Waals surface area contributed by atoms with Crippen LogP contribution in [0.2, 0.25) is 0 Å². The molecule has 1 amide bonds. The molecule has 0 atom stereocenters. The Morgan fingerprint density at radius 2 is 1.85 bits per heavy atom. The van der Waals surface area contributed by atoms with Gasteiger partial charge in [0.05, 0.1) is 0 Å². The van der Waals surface area contributed by atoms with Crippen LogP contribution in [0.1, 0.15) is 42.5 Å². The molecule has 0 spiro atoms. The molecule has 3 rings (SSSR count). The molecule has 2 heterocycles. The highest BCUT2D eigenvalue weighted by Crippen LogP contribution is 2.20. The van der Waals surface area contributed by atoms with Crippen molar-refractivity contribution < 1.29 is 9.53 Å². The van der Waals surface area contributed by atoms with Crippen LogP contribution in [0.25, 0.3) is 0 Å². The SMILES string of the molecule is Cc1cc(OCC(=O)Nc2cccc(C)c2C)nc(N2CCCCCC2)n1. The summed E-state index contributed by atoms with van der Waals surface area (Å²) < 4.78 is 5.66. The van der Waals surface area contributed by atoms with Gasteiger partial charge < -0.3 is 15.0 Å². The Balaban J connectivity index is 1.63. The van der Waals surface area contributed by atoms with Gasteiger partial charge in [-0.1, -0.05) is 25.0 Å². The molecule has 0 aliphatic carbocycles. The average Bonchev–Trinajstić information content (AvgIpc) is 2.93. The second-order valence-electron chi connectivity index (χ2n) is 7.13. The second kappa shape index (κ2) is 8.84. The number of rotatable bonds is 5. The summed E-state index contributed by atoms with van der Waals surface area (Å²) in [6, 6.07) is 7.62. The Kier molecular flexibility index (Phi) is 6.27. The van der Waals surface area contributed by atoms with Gasteiger partial charge in [0.25, 0.3) is 5.91 Å². The zero-order chi connectivity index (χ0) is 19.2. The Morgan fingerprint density at radius 3 is 2.59 bits per heavy atom. The maximum Gasteiger partial charge on any atom is 0.262 e. The van der Waals surface area contributed by atoms with Crippen molar-refractivity contribution in [1.29, 1.82) is 0 Å². The molecule has 1 aliphatic rings. The monoisotopic (exact) mass is 368 g/mol. The third-order valence-electron chi connectivity index (χ3n) is 4.94. The standard InChI is InChI=1S/C21H28N4O2/c1-15-9-8-10-18(17(15)3)23-19(26)14-27-20-13-16(2)22-21(24-20)25-11-6-4-5-7-12-25/h8-10,13H,4-7,11-12,14H2,1-3H3,(H,23,26). The predicted octanol–water partition coefficient (Wildman–Crippen LogP) is 3.80. The summed E-state index contributed by atoms with van der Waals surface area (Å²) in [6.45, 7) is 7.80. The van der Waals surface area contributed by atoms with Crippen LogP contribution in [0.5, 0.6) is 5.88 Å². The minimum absolute atomic E-state index is 0.0801. The van der Waals surface area contributed by atoms with Crippen LogP contribution >= 0.6 is 0 Å². The summed E-state index contributed by atoms with van der Waals surface area (Å²) in [5.41, 5.74) is 3.86. The van der Waals surface area contributed by atoms with E-state index in [4.69, 9.17) is 4.74 Å². The molecular formula is C21H28N4O2. The molecule has 27 heavy (non-hydrogen) atoms. The number of aryl methyl sites for hydroxylation is 2. The first-order valence-corrected chi connectivity index (χ1v) is 9.62. The van der Waals surface area contributed by atoms with Gasteiger partial charge in [-0.15, -0.1) is 0 Å². The Hall–Kier alpha value is -2.63. The fourth-order valence-corrected chi connectivity index (χ4v) is 3.22. The quantitative estimate of drug-likeness (QED) is 0.869. The number of carbonyl (C=O) groups is 1. The molecule has 1 fully saturated rings. The van der Waals surface area contributed by atoms with Crippen LogP contribution in [0.3, 0.4) is 0 Å². The molecule has 1 saturated heterocycles. The van der Waals surface area contributed by atoms with Crippen molar-refractivity contribution in [3.8, 4) is 5.88 Å². The number of hydrogen-bond acceptors (Lipinski definition) is 5. The zero-order valence-corrected chi connectivity index (χ0v) is 16.4. The van der Waals surface area contributed by atoms with Crippen molar-refractivity contribution in [3.63, 3.8) is 0 Å². The number of benzene rings is 1. The zero-order valence-electron chi connectivity index (χ0n) is 16.4. The number of nitrogens with zero attached hydrogens (tertiary/aromatic N) is 3. The molecule has 1 aromatic carbocycles.